The molecule has 1 fully saturated rings. The molecular formula is C16H34N2O. The Bertz CT molecular complexity index is 182. The van der Waals surface area contributed by atoms with Gasteiger partial charge < -0.3 is 15.3 Å². The first-order chi connectivity index (χ1) is 9.43. The van der Waals surface area contributed by atoms with Gasteiger partial charge >= 0.3 is 0 Å². The molecule has 0 aromatic carbocycles. The van der Waals surface area contributed by atoms with E-state index >= 15 is 0 Å². The molecule has 0 aromatic rings. The van der Waals surface area contributed by atoms with Gasteiger partial charge in [0.1, 0.15) is 0 Å². The van der Waals surface area contributed by atoms with Crippen molar-refractivity contribution in [3.05, 3.63) is 0 Å². The molecule has 2 N–H and O–H groups in total. The first kappa shape index (κ1) is 16.9. The Labute approximate surface area is 119 Å². The first-order valence-corrected chi connectivity index (χ1v) is 8.47. The quantitative estimate of drug-likeness (QED) is 0.535. The minimum absolute atomic E-state index is 0.368. The second kappa shape index (κ2) is 12.9. The number of hydrogen-bond acceptors (Lipinski definition) is 3. The lowest BCUT2D eigenvalue weighted by atomic mass is 10.1. The van der Waals surface area contributed by atoms with E-state index in [2.05, 4.69) is 10.2 Å². The van der Waals surface area contributed by atoms with Gasteiger partial charge in [-0.05, 0) is 19.4 Å². The summed E-state index contributed by atoms with van der Waals surface area (Å²) < 4.78 is 0. The third-order valence-electron chi connectivity index (χ3n) is 4.09. The van der Waals surface area contributed by atoms with Gasteiger partial charge in [-0.25, -0.2) is 0 Å². The predicted octanol–water partition coefficient (Wildman–Crippen LogP) is 2.78. The van der Waals surface area contributed by atoms with Gasteiger partial charge in [-0.1, -0.05) is 51.4 Å². The normalized spacial score (nSPS) is 16.9. The molecule has 1 rings (SSSR count). The first-order valence-electron chi connectivity index (χ1n) is 8.47. The Balaban J connectivity index is 1.71. The number of hydrogen-bond donors (Lipinski definition) is 2. The molecule has 0 aliphatic carbocycles. The third kappa shape index (κ3) is 10.3. The SMILES string of the molecule is OCCCCCCCCCCCCN1CCNCC1. The highest BCUT2D eigenvalue weighted by Crippen LogP contribution is 2.10. The summed E-state index contributed by atoms with van der Waals surface area (Å²) in [5.41, 5.74) is 0. The summed E-state index contributed by atoms with van der Waals surface area (Å²) in [6.45, 7) is 6.52. The molecule has 1 aliphatic heterocycles. The number of nitrogens with zero attached hydrogens (tertiary/aromatic N) is 1. The van der Waals surface area contributed by atoms with E-state index in [1.165, 1.54) is 90.5 Å². The minimum Gasteiger partial charge on any atom is -0.396 e. The summed E-state index contributed by atoms with van der Waals surface area (Å²) in [4.78, 5) is 2.59. The van der Waals surface area contributed by atoms with Gasteiger partial charge in [0.25, 0.3) is 0 Å². The molecule has 0 spiro atoms. The molecule has 3 heteroatoms. The molecule has 0 atom stereocenters. The number of aliphatic hydroxyl groups excluding tert-OH is 1. The highest BCUT2D eigenvalue weighted by Gasteiger charge is 2.07. The Morgan fingerprint density at radius 3 is 1.68 bits per heavy atom. The average Bonchev–Trinajstić information content (AvgIpc) is 2.46. The molecule has 3 nitrogen and oxygen atoms in total. The maximum Gasteiger partial charge on any atom is 0.0431 e. The van der Waals surface area contributed by atoms with Gasteiger partial charge in [-0.2, -0.15) is 0 Å². The van der Waals surface area contributed by atoms with E-state index in [1.807, 2.05) is 0 Å². The fraction of sp³-hybridized carbons (Fsp3) is 1.00. The van der Waals surface area contributed by atoms with Crippen molar-refractivity contribution in [2.45, 2.75) is 64.2 Å². The summed E-state index contributed by atoms with van der Waals surface area (Å²) in [5, 5.41) is 12.1. The van der Waals surface area contributed by atoms with Crippen LogP contribution in [-0.4, -0.2) is 49.3 Å². The molecule has 0 radical (unpaired) electrons. The van der Waals surface area contributed by atoms with E-state index in [0.29, 0.717) is 6.61 Å². The maximum atomic E-state index is 8.68. The van der Waals surface area contributed by atoms with Crippen molar-refractivity contribution < 1.29 is 5.11 Å². The summed E-state index contributed by atoms with van der Waals surface area (Å²) in [7, 11) is 0. The Hall–Kier alpha value is -0.120. The Kier molecular flexibility index (Phi) is 11.5. The number of unbranched alkanes of at least 4 members (excludes halogenated alkanes) is 9. The molecule has 1 heterocycles. The van der Waals surface area contributed by atoms with Crippen molar-refractivity contribution >= 4 is 0 Å². The van der Waals surface area contributed by atoms with Crippen LogP contribution in [0.15, 0.2) is 0 Å². The van der Waals surface area contributed by atoms with Crippen LogP contribution in [0.3, 0.4) is 0 Å². The summed E-state index contributed by atoms with van der Waals surface area (Å²) >= 11 is 0. The van der Waals surface area contributed by atoms with Crippen LogP contribution in [0.5, 0.6) is 0 Å². The third-order valence-corrected chi connectivity index (χ3v) is 4.09. The maximum absolute atomic E-state index is 8.68. The molecule has 19 heavy (non-hydrogen) atoms. The fourth-order valence-corrected chi connectivity index (χ4v) is 2.80. The van der Waals surface area contributed by atoms with E-state index in [1.54, 1.807) is 0 Å². The molecule has 0 saturated carbocycles. The van der Waals surface area contributed by atoms with E-state index in [0.717, 1.165) is 6.42 Å². The Morgan fingerprint density at radius 2 is 1.16 bits per heavy atom. The molecule has 1 saturated heterocycles. The van der Waals surface area contributed by atoms with Gasteiger partial charge in [0, 0.05) is 32.8 Å². The van der Waals surface area contributed by atoms with Crippen LogP contribution < -0.4 is 5.32 Å². The number of nitrogens with one attached hydrogen (secondary N) is 1. The van der Waals surface area contributed by atoms with Gasteiger partial charge in [-0.15, -0.1) is 0 Å². The van der Waals surface area contributed by atoms with E-state index < -0.39 is 0 Å². The standard InChI is InChI=1S/C16H34N2O/c19-16-10-8-6-4-2-1-3-5-7-9-13-18-14-11-17-12-15-18/h17,19H,1-16H2. The van der Waals surface area contributed by atoms with Crippen LogP contribution >= 0.6 is 0 Å². The topological polar surface area (TPSA) is 35.5 Å². The average molecular weight is 270 g/mol. The van der Waals surface area contributed by atoms with Crippen LogP contribution in [0.1, 0.15) is 64.2 Å². The van der Waals surface area contributed by atoms with Crippen molar-refractivity contribution in [3.8, 4) is 0 Å². The van der Waals surface area contributed by atoms with E-state index in [-0.39, 0.29) is 0 Å². The fourth-order valence-electron chi connectivity index (χ4n) is 2.80. The number of aliphatic hydroxyl groups is 1. The van der Waals surface area contributed by atoms with Gasteiger partial charge in [0.15, 0.2) is 0 Å². The lowest BCUT2D eigenvalue weighted by Crippen LogP contribution is -2.43. The lowest BCUT2D eigenvalue weighted by Gasteiger charge is -2.27. The zero-order valence-electron chi connectivity index (χ0n) is 12.7. The van der Waals surface area contributed by atoms with Crippen LogP contribution in [0.2, 0.25) is 0 Å². The summed E-state index contributed by atoms with van der Waals surface area (Å²) in [6.07, 6.45) is 13.3. The second-order valence-electron chi connectivity index (χ2n) is 5.85. The molecule has 0 amide bonds. The highest BCUT2D eigenvalue weighted by molar-refractivity contribution is 4.67. The molecular weight excluding hydrogens is 236 g/mol. The predicted molar refractivity (Wildman–Crippen MR) is 82.6 cm³/mol. The van der Waals surface area contributed by atoms with E-state index in [4.69, 9.17) is 5.11 Å². The van der Waals surface area contributed by atoms with Crippen LogP contribution in [-0.2, 0) is 0 Å². The van der Waals surface area contributed by atoms with Crippen molar-refractivity contribution in [1.82, 2.24) is 10.2 Å². The van der Waals surface area contributed by atoms with Crippen molar-refractivity contribution in [1.29, 1.82) is 0 Å². The van der Waals surface area contributed by atoms with Gasteiger partial charge in [0.05, 0.1) is 0 Å². The molecule has 114 valence electrons. The second-order valence-corrected chi connectivity index (χ2v) is 5.85. The lowest BCUT2D eigenvalue weighted by molar-refractivity contribution is 0.236. The van der Waals surface area contributed by atoms with Crippen molar-refractivity contribution in [3.63, 3.8) is 0 Å². The summed E-state index contributed by atoms with van der Waals surface area (Å²) in [6, 6.07) is 0. The van der Waals surface area contributed by atoms with Crippen molar-refractivity contribution in [2.75, 3.05) is 39.3 Å². The van der Waals surface area contributed by atoms with E-state index in [9.17, 15) is 0 Å². The molecule has 0 aromatic heterocycles. The molecule has 1 aliphatic rings. The summed E-state index contributed by atoms with van der Waals surface area (Å²) in [5.74, 6) is 0. The van der Waals surface area contributed by atoms with Gasteiger partial charge in [-0.3, -0.25) is 0 Å². The van der Waals surface area contributed by atoms with Crippen LogP contribution in [0, 0.1) is 0 Å². The molecule has 0 bridgehead atoms. The monoisotopic (exact) mass is 270 g/mol. The number of rotatable bonds is 12. The van der Waals surface area contributed by atoms with Gasteiger partial charge in [0.2, 0.25) is 0 Å². The zero-order chi connectivity index (χ0) is 13.6. The van der Waals surface area contributed by atoms with Crippen LogP contribution in [0.4, 0.5) is 0 Å². The highest BCUT2D eigenvalue weighted by atomic mass is 16.2. The Morgan fingerprint density at radius 1 is 0.684 bits per heavy atom. The van der Waals surface area contributed by atoms with Crippen LogP contribution in [0.25, 0.3) is 0 Å². The van der Waals surface area contributed by atoms with Crippen molar-refractivity contribution in [2.24, 2.45) is 0 Å². The smallest absolute Gasteiger partial charge is 0.0431 e. The molecule has 0 unspecified atom stereocenters. The number of piperazine rings is 1. The zero-order valence-corrected chi connectivity index (χ0v) is 12.7. The largest absolute Gasteiger partial charge is 0.396 e. The minimum atomic E-state index is 0.368.